The van der Waals surface area contributed by atoms with Crippen LogP contribution in [0.1, 0.15) is 0 Å². The quantitative estimate of drug-likeness (QED) is 0.608. The first-order valence-corrected chi connectivity index (χ1v) is 5.49. The Balaban J connectivity index is 2.06. The van der Waals surface area contributed by atoms with Crippen LogP contribution in [0.4, 0.5) is 16.2 Å². The van der Waals surface area contributed by atoms with Crippen molar-refractivity contribution in [1.82, 2.24) is 0 Å². The lowest BCUT2D eigenvalue weighted by Crippen LogP contribution is -2.03. The molecule has 18 heavy (non-hydrogen) atoms. The van der Waals surface area contributed by atoms with E-state index in [2.05, 4.69) is 10.2 Å². The highest BCUT2D eigenvalue weighted by atomic mass is 16.5. The van der Waals surface area contributed by atoms with Crippen molar-refractivity contribution in [3.05, 3.63) is 54.6 Å². The molecule has 0 N–H and O–H groups in total. The summed E-state index contributed by atoms with van der Waals surface area (Å²) in [6.07, 6.45) is 0. The van der Waals surface area contributed by atoms with Gasteiger partial charge in [-0.25, -0.2) is 0 Å². The normalized spacial score (nSPS) is 10.4. The van der Waals surface area contributed by atoms with Crippen LogP contribution in [0.25, 0.3) is 0 Å². The van der Waals surface area contributed by atoms with Gasteiger partial charge in [-0.1, -0.05) is 18.2 Å². The van der Waals surface area contributed by atoms with Gasteiger partial charge in [0.25, 0.3) is 0 Å². The van der Waals surface area contributed by atoms with E-state index in [9.17, 15) is 4.79 Å². The number of nitrogens with zero attached hydrogens (tertiary/aromatic N) is 2. The molecule has 0 saturated carbocycles. The maximum absolute atomic E-state index is 10.7. The summed E-state index contributed by atoms with van der Waals surface area (Å²) in [4.78, 5) is 10.7. The van der Waals surface area contributed by atoms with Gasteiger partial charge in [0, 0.05) is 0 Å². The zero-order chi connectivity index (χ0) is 12.8. The summed E-state index contributed by atoms with van der Waals surface area (Å²) >= 11 is 0. The van der Waals surface area contributed by atoms with Crippen molar-refractivity contribution in [3.8, 4) is 5.75 Å². The van der Waals surface area contributed by atoms with Gasteiger partial charge in [0.15, 0.2) is 0 Å². The van der Waals surface area contributed by atoms with Gasteiger partial charge in [-0.2, -0.15) is 10.2 Å². The van der Waals surface area contributed by atoms with E-state index in [1.54, 1.807) is 24.3 Å². The number of carbonyl (C=O) groups excluding carboxylic acids is 1. The molecule has 2 aromatic carbocycles. The average molecular weight is 238 g/mol. The summed E-state index contributed by atoms with van der Waals surface area (Å²) in [6.45, 7) is 0. The Labute approximate surface area is 106 Å². The molecule has 2 rings (SSSR count). The van der Waals surface area contributed by atoms with Gasteiger partial charge >= 0.3 is 0 Å². The molecule has 0 bridgehead atoms. The van der Waals surface area contributed by atoms with Crippen molar-refractivity contribution in [2.75, 3.05) is 0 Å². The predicted molar refractivity (Wildman–Crippen MR) is 71.6 cm³/mol. The third-order valence-electron chi connectivity index (χ3n) is 2.14. The van der Waals surface area contributed by atoms with Crippen LogP contribution >= 0.6 is 0 Å². The molecule has 88 valence electrons. The first-order chi connectivity index (χ1) is 8.74. The van der Waals surface area contributed by atoms with E-state index in [4.69, 9.17) is 4.74 Å². The van der Waals surface area contributed by atoms with Crippen molar-refractivity contribution >= 4 is 25.1 Å². The summed E-state index contributed by atoms with van der Waals surface area (Å²) in [5, 5.41) is 8.17. The molecule has 5 heteroatoms. The number of carbonyl (C=O) groups is 1. The Morgan fingerprint density at radius 2 is 1.44 bits per heavy atom. The third kappa shape index (κ3) is 3.55. The van der Waals surface area contributed by atoms with Gasteiger partial charge in [0.05, 0.1) is 11.4 Å². The molecule has 0 aromatic heterocycles. The Hall–Kier alpha value is -2.43. The minimum absolute atomic E-state index is 0.339. The van der Waals surface area contributed by atoms with Crippen LogP contribution in [-0.4, -0.2) is 13.7 Å². The molecule has 0 heterocycles. The largest absolute Gasteiger partial charge is 0.435 e. The second-order valence-electron chi connectivity index (χ2n) is 3.62. The number of ether oxygens (including phenoxy) is 1. The summed E-state index contributed by atoms with van der Waals surface area (Å²) in [7, 11) is 1.36. The highest BCUT2D eigenvalue weighted by Crippen LogP contribution is 2.20. The molecule has 0 fully saturated rings. The Morgan fingerprint density at radius 1 is 0.889 bits per heavy atom. The zero-order valence-corrected chi connectivity index (χ0v) is 9.91. The molecule has 0 spiro atoms. The SMILES string of the molecule is BC(=O)Oc1ccc(/N=N/c2ccccc2)cc1. The number of benzene rings is 2. The van der Waals surface area contributed by atoms with Crippen LogP contribution in [-0.2, 0) is 0 Å². The van der Waals surface area contributed by atoms with Gasteiger partial charge < -0.3 is 4.74 Å². The molecule has 0 atom stereocenters. The number of azo groups is 1. The lowest BCUT2D eigenvalue weighted by Gasteiger charge is -2.00. The number of hydrogen-bond acceptors (Lipinski definition) is 4. The molecule has 0 radical (unpaired) electrons. The van der Waals surface area contributed by atoms with Crippen molar-refractivity contribution in [2.45, 2.75) is 0 Å². The van der Waals surface area contributed by atoms with Gasteiger partial charge in [-0.3, -0.25) is 4.79 Å². The number of hydrogen-bond donors (Lipinski definition) is 0. The third-order valence-corrected chi connectivity index (χ3v) is 2.14. The van der Waals surface area contributed by atoms with Gasteiger partial charge in [0.1, 0.15) is 5.75 Å². The first kappa shape index (κ1) is 12.0. The van der Waals surface area contributed by atoms with Crippen molar-refractivity contribution < 1.29 is 9.53 Å². The minimum atomic E-state index is -0.339. The van der Waals surface area contributed by atoms with Crippen molar-refractivity contribution in [1.29, 1.82) is 0 Å². The minimum Gasteiger partial charge on any atom is -0.435 e. The van der Waals surface area contributed by atoms with Crippen LogP contribution in [0.2, 0.25) is 0 Å². The first-order valence-electron chi connectivity index (χ1n) is 5.49. The topological polar surface area (TPSA) is 51.0 Å². The molecule has 0 aliphatic heterocycles. The van der Waals surface area contributed by atoms with Crippen LogP contribution < -0.4 is 4.74 Å². The summed E-state index contributed by atoms with van der Waals surface area (Å²) in [5.41, 5.74) is 1.50. The second-order valence-corrected chi connectivity index (χ2v) is 3.62. The van der Waals surface area contributed by atoms with E-state index in [1.165, 1.54) is 7.85 Å². The fraction of sp³-hybridized carbons (Fsp3) is 0. The fourth-order valence-electron chi connectivity index (χ4n) is 1.36. The zero-order valence-electron chi connectivity index (χ0n) is 9.91. The molecule has 0 saturated heterocycles. The van der Waals surface area contributed by atoms with E-state index in [-0.39, 0.29) is 5.87 Å². The highest BCUT2D eigenvalue weighted by molar-refractivity contribution is 6.55. The Kier molecular flexibility index (Phi) is 3.86. The van der Waals surface area contributed by atoms with Crippen LogP contribution in [0, 0.1) is 0 Å². The molecular weight excluding hydrogens is 227 g/mol. The molecule has 0 aliphatic carbocycles. The van der Waals surface area contributed by atoms with Crippen LogP contribution in [0.3, 0.4) is 0 Å². The van der Waals surface area contributed by atoms with E-state index >= 15 is 0 Å². The summed E-state index contributed by atoms with van der Waals surface area (Å²) < 4.78 is 4.92. The smallest absolute Gasteiger partial charge is 0.248 e. The standard InChI is InChI=1S/C13H11BN2O2/c14-13(17)18-12-8-6-11(7-9-12)16-15-10-4-2-1-3-5-10/h1-9H,14H2/b16-15+. The van der Waals surface area contributed by atoms with E-state index in [0.717, 1.165) is 5.69 Å². The average Bonchev–Trinajstić information content (AvgIpc) is 2.38. The summed E-state index contributed by atoms with van der Waals surface area (Å²) in [6, 6.07) is 16.3. The van der Waals surface area contributed by atoms with Crippen molar-refractivity contribution in [2.24, 2.45) is 10.2 Å². The Bertz CT molecular complexity index is 553. The Morgan fingerprint density at radius 3 is 2.00 bits per heavy atom. The number of rotatable bonds is 3. The van der Waals surface area contributed by atoms with E-state index in [1.807, 2.05) is 30.3 Å². The van der Waals surface area contributed by atoms with Gasteiger partial charge in [0.2, 0.25) is 13.7 Å². The highest BCUT2D eigenvalue weighted by Gasteiger charge is 1.97. The molecular formula is C13H11BN2O2. The van der Waals surface area contributed by atoms with Crippen LogP contribution in [0.15, 0.2) is 64.8 Å². The molecule has 0 amide bonds. The van der Waals surface area contributed by atoms with Crippen LogP contribution in [0.5, 0.6) is 5.75 Å². The molecule has 0 aliphatic rings. The van der Waals surface area contributed by atoms with E-state index < -0.39 is 0 Å². The lowest BCUT2D eigenvalue weighted by atomic mass is 10.2. The molecule has 0 unspecified atom stereocenters. The fourth-order valence-corrected chi connectivity index (χ4v) is 1.36. The van der Waals surface area contributed by atoms with E-state index in [0.29, 0.717) is 11.4 Å². The van der Waals surface area contributed by atoms with Gasteiger partial charge in [-0.05, 0) is 36.4 Å². The lowest BCUT2D eigenvalue weighted by molar-refractivity contribution is 0.225. The molecule has 2 aromatic rings. The second kappa shape index (κ2) is 5.77. The monoisotopic (exact) mass is 238 g/mol. The molecule has 4 nitrogen and oxygen atoms in total. The van der Waals surface area contributed by atoms with Gasteiger partial charge in [-0.15, -0.1) is 0 Å². The predicted octanol–water partition coefficient (Wildman–Crippen LogP) is 3.23. The van der Waals surface area contributed by atoms with Crippen molar-refractivity contribution in [3.63, 3.8) is 0 Å². The summed E-state index contributed by atoms with van der Waals surface area (Å²) in [5.74, 6) is 0.162. The maximum Gasteiger partial charge on any atom is 0.248 e. The maximum atomic E-state index is 10.7.